The first-order valence-electron chi connectivity index (χ1n) is 8.12. The van der Waals surface area contributed by atoms with Crippen LogP contribution in [0.25, 0.3) is 0 Å². The van der Waals surface area contributed by atoms with E-state index in [0.29, 0.717) is 31.8 Å². The maximum absolute atomic E-state index is 12.5. The van der Waals surface area contributed by atoms with E-state index in [9.17, 15) is 18.0 Å². The molecule has 10 heteroatoms. The van der Waals surface area contributed by atoms with E-state index in [1.165, 1.54) is 12.1 Å². The molecule has 0 fully saturated rings. The Hall–Kier alpha value is -2.01. The summed E-state index contributed by atoms with van der Waals surface area (Å²) in [5.41, 5.74) is 1.45. The fourth-order valence-corrected chi connectivity index (χ4v) is 3.34. The number of ether oxygens (including phenoxy) is 1. The molecule has 1 heterocycles. The highest BCUT2D eigenvalue weighted by molar-refractivity contribution is 7.89. The predicted molar refractivity (Wildman–Crippen MR) is 96.3 cm³/mol. The van der Waals surface area contributed by atoms with Gasteiger partial charge in [-0.3, -0.25) is 14.5 Å². The molecule has 0 saturated heterocycles. The van der Waals surface area contributed by atoms with Crippen molar-refractivity contribution in [3.05, 3.63) is 23.8 Å². The maximum Gasteiger partial charge on any atom is 0.241 e. The Morgan fingerprint density at radius 3 is 2.73 bits per heavy atom. The molecule has 0 aliphatic carbocycles. The third-order valence-corrected chi connectivity index (χ3v) is 4.93. The molecule has 0 spiro atoms. The van der Waals surface area contributed by atoms with Crippen molar-refractivity contribution in [1.82, 2.24) is 10.2 Å². The first-order valence-corrected chi connectivity index (χ1v) is 9.67. The zero-order valence-corrected chi connectivity index (χ0v) is 15.7. The summed E-state index contributed by atoms with van der Waals surface area (Å²) < 4.78 is 27.7. The fraction of sp³-hybridized carbons (Fsp3) is 0.500. The first kappa shape index (κ1) is 20.3. The highest BCUT2D eigenvalue weighted by Gasteiger charge is 2.26. The summed E-state index contributed by atoms with van der Waals surface area (Å²) in [4.78, 5) is 27.6. The Labute approximate surface area is 153 Å². The van der Waals surface area contributed by atoms with Gasteiger partial charge in [0, 0.05) is 25.9 Å². The van der Waals surface area contributed by atoms with Gasteiger partial charge in [-0.1, -0.05) is 0 Å². The van der Waals surface area contributed by atoms with Gasteiger partial charge < -0.3 is 15.0 Å². The number of amides is 2. The average molecular weight is 384 g/mol. The monoisotopic (exact) mass is 384 g/mol. The molecule has 1 aliphatic heterocycles. The van der Waals surface area contributed by atoms with Crippen LogP contribution in [0, 0.1) is 0 Å². The molecule has 2 rings (SSSR count). The summed E-state index contributed by atoms with van der Waals surface area (Å²) in [6.07, 6.45) is 0.561. The number of carbonyl (C=O) groups excluding carboxylic acids is 2. The lowest BCUT2D eigenvalue weighted by Crippen LogP contribution is -2.42. The minimum Gasteiger partial charge on any atom is -0.383 e. The fourth-order valence-electron chi connectivity index (χ4n) is 2.78. The number of fused-ring (bicyclic) bond motifs is 1. The van der Waals surface area contributed by atoms with Crippen LogP contribution in [0.15, 0.2) is 23.1 Å². The molecule has 0 saturated carbocycles. The molecule has 144 valence electrons. The van der Waals surface area contributed by atoms with E-state index in [-0.39, 0.29) is 29.8 Å². The molecule has 0 radical (unpaired) electrons. The normalized spacial score (nSPS) is 13.8. The van der Waals surface area contributed by atoms with E-state index in [2.05, 4.69) is 5.32 Å². The number of anilines is 1. The van der Waals surface area contributed by atoms with Gasteiger partial charge in [0.1, 0.15) is 0 Å². The number of carbonyl (C=O) groups is 2. The van der Waals surface area contributed by atoms with Crippen LogP contribution >= 0.6 is 0 Å². The highest BCUT2D eigenvalue weighted by atomic mass is 32.2. The van der Waals surface area contributed by atoms with Gasteiger partial charge in [0.25, 0.3) is 0 Å². The van der Waals surface area contributed by atoms with Crippen molar-refractivity contribution in [2.45, 2.75) is 11.3 Å². The zero-order valence-electron chi connectivity index (χ0n) is 14.9. The topological polar surface area (TPSA) is 122 Å². The van der Waals surface area contributed by atoms with Crippen LogP contribution in [0.4, 0.5) is 5.69 Å². The minimum absolute atomic E-state index is 0.0374. The molecule has 0 unspecified atom stereocenters. The number of likely N-dealkylation sites (N-methyl/N-ethyl adjacent to an activating group) is 1. The summed E-state index contributed by atoms with van der Waals surface area (Å²) >= 11 is 0. The third-order valence-electron chi connectivity index (χ3n) is 4.02. The Morgan fingerprint density at radius 2 is 2.08 bits per heavy atom. The summed E-state index contributed by atoms with van der Waals surface area (Å²) in [7, 11) is -0.528. The Kier molecular flexibility index (Phi) is 6.70. The SMILES string of the molecule is COCCNC(=O)CN(C)CC(=O)N1CCc2cc(S(N)(=O)=O)ccc21. The molecule has 1 aromatic rings. The second-order valence-electron chi connectivity index (χ2n) is 6.15. The molecular formula is C16H24N4O5S. The molecular weight excluding hydrogens is 360 g/mol. The molecule has 3 N–H and O–H groups in total. The smallest absolute Gasteiger partial charge is 0.241 e. The van der Waals surface area contributed by atoms with Gasteiger partial charge in [-0.05, 0) is 37.2 Å². The lowest BCUT2D eigenvalue weighted by molar-refractivity contribution is -0.123. The Balaban J connectivity index is 1.95. The Morgan fingerprint density at radius 1 is 1.35 bits per heavy atom. The van der Waals surface area contributed by atoms with Crippen molar-refractivity contribution in [3.8, 4) is 0 Å². The van der Waals surface area contributed by atoms with Crippen molar-refractivity contribution in [3.63, 3.8) is 0 Å². The molecule has 26 heavy (non-hydrogen) atoms. The van der Waals surface area contributed by atoms with Gasteiger partial charge in [-0.2, -0.15) is 0 Å². The van der Waals surface area contributed by atoms with Gasteiger partial charge in [-0.25, -0.2) is 13.6 Å². The minimum atomic E-state index is -3.77. The second-order valence-corrected chi connectivity index (χ2v) is 7.71. The second kappa shape index (κ2) is 8.58. The van der Waals surface area contributed by atoms with Crippen LogP contribution in [-0.2, 0) is 30.8 Å². The average Bonchev–Trinajstić information content (AvgIpc) is 2.97. The van der Waals surface area contributed by atoms with Crippen molar-refractivity contribution >= 4 is 27.5 Å². The quantitative estimate of drug-likeness (QED) is 0.550. The number of rotatable bonds is 8. The van der Waals surface area contributed by atoms with E-state index >= 15 is 0 Å². The van der Waals surface area contributed by atoms with Gasteiger partial charge in [0.05, 0.1) is 24.6 Å². The molecule has 1 aliphatic rings. The van der Waals surface area contributed by atoms with E-state index in [0.717, 1.165) is 5.56 Å². The molecule has 1 aromatic carbocycles. The number of benzene rings is 1. The van der Waals surface area contributed by atoms with E-state index in [1.807, 2.05) is 0 Å². The van der Waals surface area contributed by atoms with Crippen LogP contribution in [0.5, 0.6) is 0 Å². The maximum atomic E-state index is 12.5. The van der Waals surface area contributed by atoms with Crippen molar-refractivity contribution in [2.75, 3.05) is 51.8 Å². The lowest BCUT2D eigenvalue weighted by atomic mass is 10.2. The molecule has 9 nitrogen and oxygen atoms in total. The summed E-state index contributed by atoms with van der Waals surface area (Å²) in [5.74, 6) is -0.337. The van der Waals surface area contributed by atoms with Gasteiger partial charge in [0.2, 0.25) is 21.8 Å². The largest absolute Gasteiger partial charge is 0.383 e. The van der Waals surface area contributed by atoms with E-state index in [1.54, 1.807) is 30.0 Å². The first-order chi connectivity index (χ1) is 12.2. The van der Waals surface area contributed by atoms with Crippen LogP contribution in [-0.4, -0.2) is 72.1 Å². The highest BCUT2D eigenvalue weighted by Crippen LogP contribution is 2.30. The Bertz CT molecular complexity index is 781. The van der Waals surface area contributed by atoms with Gasteiger partial charge in [0.15, 0.2) is 0 Å². The summed E-state index contributed by atoms with van der Waals surface area (Å²) in [5, 5.41) is 7.83. The number of primary sulfonamides is 1. The number of nitrogens with two attached hydrogens (primary N) is 1. The van der Waals surface area contributed by atoms with Crippen LogP contribution in [0.1, 0.15) is 5.56 Å². The molecule has 0 aromatic heterocycles. The van der Waals surface area contributed by atoms with E-state index < -0.39 is 10.0 Å². The van der Waals surface area contributed by atoms with Crippen molar-refractivity contribution in [2.24, 2.45) is 5.14 Å². The number of hydrogen-bond acceptors (Lipinski definition) is 6. The summed E-state index contributed by atoms with van der Waals surface area (Å²) in [6, 6.07) is 4.50. The van der Waals surface area contributed by atoms with Crippen molar-refractivity contribution in [1.29, 1.82) is 0 Å². The number of nitrogens with zero attached hydrogens (tertiary/aromatic N) is 2. The lowest BCUT2D eigenvalue weighted by Gasteiger charge is -2.22. The zero-order chi connectivity index (χ0) is 19.3. The van der Waals surface area contributed by atoms with Crippen LogP contribution < -0.4 is 15.4 Å². The number of hydrogen-bond donors (Lipinski definition) is 2. The number of methoxy groups -OCH3 is 1. The predicted octanol–water partition coefficient (Wildman–Crippen LogP) is -1.08. The molecule has 0 bridgehead atoms. The van der Waals surface area contributed by atoms with Crippen molar-refractivity contribution < 1.29 is 22.7 Å². The van der Waals surface area contributed by atoms with Gasteiger partial charge >= 0.3 is 0 Å². The third kappa shape index (κ3) is 5.24. The number of sulfonamides is 1. The van der Waals surface area contributed by atoms with Crippen LogP contribution in [0.2, 0.25) is 0 Å². The standard InChI is InChI=1S/C16H24N4O5S/c1-19(10-15(21)18-6-8-25-2)11-16(22)20-7-5-12-9-13(26(17,23)24)3-4-14(12)20/h3-4,9H,5-8,10-11H2,1-2H3,(H,18,21)(H2,17,23,24). The van der Waals surface area contributed by atoms with E-state index in [4.69, 9.17) is 9.88 Å². The van der Waals surface area contributed by atoms with Crippen LogP contribution in [0.3, 0.4) is 0 Å². The molecule has 0 atom stereocenters. The molecule has 2 amide bonds. The number of nitrogens with one attached hydrogen (secondary N) is 1. The van der Waals surface area contributed by atoms with Gasteiger partial charge in [-0.15, -0.1) is 0 Å². The summed E-state index contributed by atoms with van der Waals surface area (Å²) in [6.45, 7) is 1.49.